The van der Waals surface area contributed by atoms with E-state index in [1.165, 1.54) is 0 Å². The Kier molecular flexibility index (Phi) is 7.35. The molecule has 3 N–H and O–H groups in total. The summed E-state index contributed by atoms with van der Waals surface area (Å²) in [6.07, 6.45) is -0.650. The van der Waals surface area contributed by atoms with Gasteiger partial charge in [0.25, 0.3) is 0 Å². The fourth-order valence-corrected chi connectivity index (χ4v) is 1.06. The minimum Gasteiger partial charge on any atom is -0.444 e. The van der Waals surface area contributed by atoms with Crippen LogP contribution in [0.4, 0.5) is 4.79 Å². The van der Waals surface area contributed by atoms with E-state index in [9.17, 15) is 14.4 Å². The second-order valence-electron chi connectivity index (χ2n) is 5.24. The highest BCUT2D eigenvalue weighted by Crippen LogP contribution is 2.05. The fraction of sp³-hybridized carbons (Fsp3) is 0.615. The third-order valence-corrected chi connectivity index (χ3v) is 1.91. The molecule has 0 unspecified atom stereocenters. The number of alkyl carbamates (subject to hydrolysis) is 1. The Bertz CT molecular complexity index is 386. The van der Waals surface area contributed by atoms with Crippen molar-refractivity contribution in [1.82, 2.24) is 16.0 Å². The summed E-state index contributed by atoms with van der Waals surface area (Å²) in [4.78, 5) is 33.8. The summed E-state index contributed by atoms with van der Waals surface area (Å²) in [6.45, 7) is 10.7. The molecule has 20 heavy (non-hydrogen) atoms. The van der Waals surface area contributed by atoms with Gasteiger partial charge in [-0.15, -0.1) is 0 Å². The maximum atomic E-state index is 11.4. The van der Waals surface area contributed by atoms with Gasteiger partial charge in [0.15, 0.2) is 0 Å². The van der Waals surface area contributed by atoms with Crippen molar-refractivity contribution in [1.29, 1.82) is 0 Å². The lowest BCUT2D eigenvalue weighted by atomic mass is 10.2. The molecule has 0 aromatic rings. The van der Waals surface area contributed by atoms with E-state index in [0.717, 1.165) is 0 Å². The van der Waals surface area contributed by atoms with Crippen molar-refractivity contribution in [2.45, 2.75) is 33.3 Å². The molecular weight excluding hydrogens is 262 g/mol. The Morgan fingerprint density at radius 3 is 2.10 bits per heavy atom. The van der Waals surface area contributed by atoms with Crippen LogP contribution < -0.4 is 16.0 Å². The summed E-state index contributed by atoms with van der Waals surface area (Å²) >= 11 is 0. The highest BCUT2D eigenvalue weighted by Gasteiger charge is 2.16. The van der Waals surface area contributed by atoms with Gasteiger partial charge in [-0.3, -0.25) is 9.59 Å². The lowest BCUT2D eigenvalue weighted by Crippen LogP contribution is -2.42. The van der Waals surface area contributed by atoms with Gasteiger partial charge in [0.1, 0.15) is 5.60 Å². The van der Waals surface area contributed by atoms with Crippen LogP contribution in [0, 0.1) is 0 Å². The lowest BCUT2D eigenvalue weighted by Gasteiger charge is -2.19. The van der Waals surface area contributed by atoms with Crippen LogP contribution in [0.25, 0.3) is 0 Å². The number of hydrogen-bond donors (Lipinski definition) is 3. The summed E-state index contributed by atoms with van der Waals surface area (Å²) in [7, 11) is 0. The van der Waals surface area contributed by atoms with Gasteiger partial charge >= 0.3 is 6.09 Å². The van der Waals surface area contributed by atoms with E-state index in [4.69, 9.17) is 4.74 Å². The van der Waals surface area contributed by atoms with Crippen molar-refractivity contribution in [2.24, 2.45) is 0 Å². The van der Waals surface area contributed by atoms with Crippen LogP contribution in [-0.2, 0) is 14.3 Å². The molecule has 0 saturated carbocycles. The summed E-state index contributed by atoms with van der Waals surface area (Å²) in [5.41, 5.74) is -0.198. The Balaban J connectivity index is 3.72. The molecule has 0 aromatic carbocycles. The molecule has 0 aliphatic carbocycles. The number of ether oxygens (including phenoxy) is 1. The zero-order chi connectivity index (χ0) is 15.8. The molecule has 0 aliphatic rings. The van der Waals surface area contributed by atoms with Gasteiger partial charge in [-0.2, -0.15) is 0 Å². The minimum atomic E-state index is -0.650. The zero-order valence-electron chi connectivity index (χ0n) is 12.5. The van der Waals surface area contributed by atoms with Crippen LogP contribution in [-0.4, -0.2) is 43.1 Å². The van der Waals surface area contributed by atoms with Crippen LogP contribution in [0.15, 0.2) is 12.2 Å². The molecule has 7 heteroatoms. The highest BCUT2D eigenvalue weighted by atomic mass is 16.6. The number of nitrogens with one attached hydrogen (secondary N) is 3. The topological polar surface area (TPSA) is 96.5 Å². The van der Waals surface area contributed by atoms with E-state index in [-0.39, 0.29) is 24.9 Å². The predicted molar refractivity (Wildman–Crippen MR) is 75.1 cm³/mol. The predicted octanol–water partition coefficient (Wildman–Crippen LogP) is 0.320. The molecule has 0 atom stereocenters. The van der Waals surface area contributed by atoms with Crippen LogP contribution in [0.1, 0.15) is 27.7 Å². The molecule has 0 bridgehead atoms. The maximum absolute atomic E-state index is 11.4. The molecular formula is C13H23N3O4. The summed E-state index contributed by atoms with van der Waals surface area (Å²) in [5.74, 6) is -0.619. The first-order valence-electron chi connectivity index (χ1n) is 6.29. The van der Waals surface area contributed by atoms with Crippen molar-refractivity contribution in [3.63, 3.8) is 0 Å². The van der Waals surface area contributed by atoms with Crippen molar-refractivity contribution < 1.29 is 19.1 Å². The van der Waals surface area contributed by atoms with E-state index in [0.29, 0.717) is 12.1 Å². The smallest absolute Gasteiger partial charge is 0.408 e. The quantitative estimate of drug-likeness (QED) is 0.483. The first-order chi connectivity index (χ1) is 9.11. The Hall–Kier alpha value is -2.05. The molecule has 0 spiro atoms. The van der Waals surface area contributed by atoms with Gasteiger partial charge in [-0.25, -0.2) is 4.79 Å². The minimum absolute atomic E-state index is 0.177. The molecule has 0 heterocycles. The number of rotatable bonds is 6. The van der Waals surface area contributed by atoms with Gasteiger partial charge in [-0.1, -0.05) is 6.58 Å². The molecule has 0 aliphatic heterocycles. The largest absolute Gasteiger partial charge is 0.444 e. The van der Waals surface area contributed by atoms with Gasteiger partial charge in [-0.05, 0) is 27.7 Å². The second-order valence-corrected chi connectivity index (χ2v) is 5.24. The van der Waals surface area contributed by atoms with Crippen molar-refractivity contribution >= 4 is 17.9 Å². The van der Waals surface area contributed by atoms with Crippen molar-refractivity contribution in [3.05, 3.63) is 12.2 Å². The van der Waals surface area contributed by atoms with E-state index >= 15 is 0 Å². The Morgan fingerprint density at radius 1 is 1.05 bits per heavy atom. The van der Waals surface area contributed by atoms with E-state index in [1.54, 1.807) is 27.7 Å². The molecule has 0 rings (SSSR count). The molecule has 0 saturated heterocycles. The van der Waals surface area contributed by atoms with Gasteiger partial charge in [0.2, 0.25) is 11.8 Å². The third kappa shape index (κ3) is 9.93. The van der Waals surface area contributed by atoms with E-state index < -0.39 is 11.7 Å². The van der Waals surface area contributed by atoms with Crippen LogP contribution in [0.5, 0.6) is 0 Å². The number of hydrogen-bond acceptors (Lipinski definition) is 4. The molecule has 3 amide bonds. The van der Waals surface area contributed by atoms with Crippen molar-refractivity contribution in [3.8, 4) is 0 Å². The SMILES string of the molecule is C=C(C)C(=O)NCCNC(=O)CNC(=O)OC(C)(C)C. The molecule has 0 radical (unpaired) electrons. The number of amides is 3. The number of carbonyl (C=O) groups excluding carboxylic acids is 3. The standard InChI is InChI=1S/C13H23N3O4/c1-9(2)11(18)15-7-6-14-10(17)8-16-12(19)20-13(3,4)5/h1,6-8H2,2-5H3,(H,14,17)(H,15,18)(H,16,19). The zero-order valence-corrected chi connectivity index (χ0v) is 12.5. The maximum Gasteiger partial charge on any atom is 0.408 e. The van der Waals surface area contributed by atoms with Gasteiger partial charge < -0.3 is 20.7 Å². The third-order valence-electron chi connectivity index (χ3n) is 1.91. The Labute approximate surface area is 119 Å². The van der Waals surface area contributed by atoms with Crippen LogP contribution in [0.2, 0.25) is 0 Å². The van der Waals surface area contributed by atoms with Crippen molar-refractivity contribution in [2.75, 3.05) is 19.6 Å². The van der Waals surface area contributed by atoms with Gasteiger partial charge in [0.05, 0.1) is 6.54 Å². The summed E-state index contributed by atoms with van der Waals surface area (Å²) in [5, 5.41) is 7.44. The lowest BCUT2D eigenvalue weighted by molar-refractivity contribution is -0.121. The van der Waals surface area contributed by atoms with Crippen LogP contribution >= 0.6 is 0 Å². The molecule has 0 aromatic heterocycles. The molecule has 7 nitrogen and oxygen atoms in total. The van der Waals surface area contributed by atoms with Crippen LogP contribution in [0.3, 0.4) is 0 Å². The molecule has 114 valence electrons. The van der Waals surface area contributed by atoms with Gasteiger partial charge in [0, 0.05) is 18.7 Å². The van der Waals surface area contributed by atoms with E-state index in [2.05, 4.69) is 22.5 Å². The summed E-state index contributed by atoms with van der Waals surface area (Å²) < 4.78 is 4.97. The summed E-state index contributed by atoms with van der Waals surface area (Å²) in [6, 6.07) is 0. The molecule has 0 fully saturated rings. The fourth-order valence-electron chi connectivity index (χ4n) is 1.06. The number of carbonyl (C=O) groups is 3. The van der Waals surface area contributed by atoms with E-state index in [1.807, 2.05) is 0 Å². The monoisotopic (exact) mass is 285 g/mol. The average Bonchev–Trinajstić information content (AvgIpc) is 2.29. The average molecular weight is 285 g/mol. The first kappa shape index (κ1) is 17.9. The Morgan fingerprint density at radius 2 is 1.60 bits per heavy atom. The first-order valence-corrected chi connectivity index (χ1v) is 6.29. The highest BCUT2D eigenvalue weighted by molar-refractivity contribution is 5.92. The normalized spacial score (nSPS) is 10.4. The second kappa shape index (κ2) is 8.19.